The zero-order valence-electron chi connectivity index (χ0n) is 7.15. The zero-order chi connectivity index (χ0) is 10.9. The molecular weight excluding hydrogens is 263 g/mol. The number of halogens is 4. The normalized spacial score (nSPS) is 11.5. The number of nitrogens with two attached hydrogens (primary N) is 1. The summed E-state index contributed by atoms with van der Waals surface area (Å²) in [6.07, 6.45) is -4.47. The fourth-order valence-electron chi connectivity index (χ4n) is 1.03. The highest BCUT2D eigenvalue weighted by Crippen LogP contribution is 2.41. The van der Waals surface area contributed by atoms with Gasteiger partial charge >= 0.3 is 6.18 Å². The average Bonchev–Trinajstić information content (AvgIpc) is 2.01. The number of anilines is 1. The molecule has 0 amide bonds. The van der Waals surface area contributed by atoms with Gasteiger partial charge in [0.05, 0.1) is 11.6 Å². The number of rotatable bonds is 1. The number of nitrogen functional groups attached to an aromatic ring is 1. The molecule has 0 aliphatic heterocycles. The van der Waals surface area contributed by atoms with Crippen molar-refractivity contribution in [2.24, 2.45) is 0 Å². The van der Waals surface area contributed by atoms with Crippen LogP contribution in [0.5, 0.6) is 5.75 Å². The molecule has 0 heterocycles. The zero-order valence-corrected chi connectivity index (χ0v) is 8.74. The smallest absolute Gasteiger partial charge is 0.420 e. The van der Waals surface area contributed by atoms with Gasteiger partial charge in [0, 0.05) is 5.69 Å². The molecule has 0 saturated carbocycles. The fraction of sp³-hybridized carbons (Fsp3) is 0.250. The first-order valence-electron chi connectivity index (χ1n) is 3.56. The molecule has 14 heavy (non-hydrogen) atoms. The molecule has 1 rings (SSSR count). The van der Waals surface area contributed by atoms with Gasteiger partial charge in [-0.2, -0.15) is 13.2 Å². The molecule has 2 N–H and O–H groups in total. The molecule has 0 aromatic heterocycles. The van der Waals surface area contributed by atoms with Crippen LogP contribution in [0.3, 0.4) is 0 Å². The van der Waals surface area contributed by atoms with Gasteiger partial charge in [0.2, 0.25) is 0 Å². The minimum absolute atomic E-state index is 0.0324. The van der Waals surface area contributed by atoms with Crippen LogP contribution in [0.2, 0.25) is 0 Å². The summed E-state index contributed by atoms with van der Waals surface area (Å²) in [6, 6.07) is 2.19. The molecule has 0 spiro atoms. The maximum absolute atomic E-state index is 12.4. The molecule has 0 unspecified atom stereocenters. The van der Waals surface area contributed by atoms with Crippen molar-refractivity contribution in [1.82, 2.24) is 0 Å². The van der Waals surface area contributed by atoms with Crippen LogP contribution in [0, 0.1) is 0 Å². The van der Waals surface area contributed by atoms with Crippen molar-refractivity contribution in [3.05, 3.63) is 22.2 Å². The largest absolute Gasteiger partial charge is 0.495 e. The van der Waals surface area contributed by atoms with E-state index in [-0.39, 0.29) is 15.9 Å². The first-order chi connectivity index (χ1) is 6.36. The summed E-state index contributed by atoms with van der Waals surface area (Å²) in [6.45, 7) is 0. The van der Waals surface area contributed by atoms with E-state index >= 15 is 0 Å². The summed E-state index contributed by atoms with van der Waals surface area (Å²) in [7, 11) is 1.17. The summed E-state index contributed by atoms with van der Waals surface area (Å²) < 4.78 is 42.1. The fourth-order valence-corrected chi connectivity index (χ4v) is 1.67. The minimum Gasteiger partial charge on any atom is -0.495 e. The number of hydrogen-bond donors (Lipinski definition) is 1. The first-order valence-corrected chi connectivity index (χ1v) is 4.35. The lowest BCUT2D eigenvalue weighted by Gasteiger charge is -2.13. The first kappa shape index (κ1) is 11.2. The van der Waals surface area contributed by atoms with E-state index in [1.165, 1.54) is 13.2 Å². The van der Waals surface area contributed by atoms with Gasteiger partial charge in [-0.05, 0) is 28.1 Å². The van der Waals surface area contributed by atoms with Gasteiger partial charge in [-0.1, -0.05) is 0 Å². The predicted molar refractivity (Wildman–Crippen MR) is 50.1 cm³/mol. The van der Waals surface area contributed by atoms with Crippen LogP contribution in [-0.2, 0) is 6.18 Å². The quantitative estimate of drug-likeness (QED) is 0.796. The highest BCUT2D eigenvalue weighted by Gasteiger charge is 2.35. The highest BCUT2D eigenvalue weighted by atomic mass is 79.9. The lowest BCUT2D eigenvalue weighted by atomic mass is 10.1. The minimum atomic E-state index is -4.47. The maximum Gasteiger partial charge on any atom is 0.420 e. The molecule has 0 radical (unpaired) electrons. The average molecular weight is 270 g/mol. The molecule has 6 heteroatoms. The Morgan fingerprint density at radius 3 is 2.36 bits per heavy atom. The molecule has 1 aromatic rings. The SMILES string of the molecule is COc1c(Br)cc(N)cc1C(F)(F)F. The summed E-state index contributed by atoms with van der Waals surface area (Å²) in [5.74, 6) is -0.258. The van der Waals surface area contributed by atoms with E-state index in [0.717, 1.165) is 6.07 Å². The number of ether oxygens (including phenoxy) is 1. The molecule has 0 saturated heterocycles. The lowest BCUT2D eigenvalue weighted by molar-refractivity contribution is -0.138. The van der Waals surface area contributed by atoms with Gasteiger partial charge in [-0.25, -0.2) is 0 Å². The van der Waals surface area contributed by atoms with Crippen LogP contribution in [0.25, 0.3) is 0 Å². The topological polar surface area (TPSA) is 35.2 Å². The second-order valence-corrected chi connectivity index (χ2v) is 3.44. The molecule has 0 aliphatic carbocycles. The van der Waals surface area contributed by atoms with Crippen molar-refractivity contribution in [1.29, 1.82) is 0 Å². The number of methoxy groups -OCH3 is 1. The third-order valence-corrected chi connectivity index (χ3v) is 2.16. The van der Waals surface area contributed by atoms with Crippen molar-refractivity contribution in [2.45, 2.75) is 6.18 Å². The Kier molecular flexibility index (Phi) is 2.94. The molecule has 0 aliphatic rings. The molecule has 2 nitrogen and oxygen atoms in total. The van der Waals surface area contributed by atoms with E-state index in [1.807, 2.05) is 0 Å². The van der Waals surface area contributed by atoms with Crippen LogP contribution in [0.1, 0.15) is 5.56 Å². The number of hydrogen-bond acceptors (Lipinski definition) is 2. The number of alkyl halides is 3. The number of benzene rings is 1. The van der Waals surface area contributed by atoms with Gasteiger partial charge in [0.1, 0.15) is 11.3 Å². The Hall–Kier alpha value is -0.910. The Morgan fingerprint density at radius 2 is 1.93 bits per heavy atom. The second kappa shape index (κ2) is 3.68. The molecule has 1 aromatic carbocycles. The van der Waals surface area contributed by atoms with Crippen molar-refractivity contribution in [3.8, 4) is 5.75 Å². The van der Waals surface area contributed by atoms with Gasteiger partial charge in [-0.15, -0.1) is 0 Å². The van der Waals surface area contributed by atoms with E-state index in [1.54, 1.807) is 0 Å². The second-order valence-electron chi connectivity index (χ2n) is 2.58. The van der Waals surface area contributed by atoms with Crippen LogP contribution in [-0.4, -0.2) is 7.11 Å². The predicted octanol–water partition coefficient (Wildman–Crippen LogP) is 3.06. The van der Waals surface area contributed by atoms with Gasteiger partial charge in [0.15, 0.2) is 0 Å². The van der Waals surface area contributed by atoms with Gasteiger partial charge in [0.25, 0.3) is 0 Å². The third kappa shape index (κ3) is 2.12. The lowest BCUT2D eigenvalue weighted by Crippen LogP contribution is -2.08. The highest BCUT2D eigenvalue weighted by molar-refractivity contribution is 9.10. The van der Waals surface area contributed by atoms with Crippen LogP contribution in [0.15, 0.2) is 16.6 Å². The Balaban J connectivity index is 3.40. The van der Waals surface area contributed by atoms with E-state index < -0.39 is 11.7 Å². The van der Waals surface area contributed by atoms with E-state index in [9.17, 15) is 13.2 Å². The summed E-state index contributed by atoms with van der Waals surface area (Å²) in [5, 5.41) is 0. The maximum atomic E-state index is 12.4. The van der Waals surface area contributed by atoms with Crippen molar-refractivity contribution in [2.75, 3.05) is 12.8 Å². The molecule has 0 atom stereocenters. The van der Waals surface area contributed by atoms with Crippen molar-refractivity contribution >= 4 is 21.6 Å². The summed E-state index contributed by atoms with van der Waals surface area (Å²) >= 11 is 2.95. The monoisotopic (exact) mass is 269 g/mol. The van der Waals surface area contributed by atoms with Gasteiger partial charge < -0.3 is 10.5 Å². The Morgan fingerprint density at radius 1 is 1.36 bits per heavy atom. The van der Waals surface area contributed by atoms with Crippen LogP contribution in [0.4, 0.5) is 18.9 Å². The standard InChI is InChI=1S/C8H7BrF3NO/c1-14-7-5(8(10,11)12)2-4(13)3-6(7)9/h2-3H,13H2,1H3. The Bertz CT molecular complexity index is 351. The van der Waals surface area contributed by atoms with E-state index in [2.05, 4.69) is 20.7 Å². The van der Waals surface area contributed by atoms with Crippen molar-refractivity contribution in [3.63, 3.8) is 0 Å². The summed E-state index contributed by atoms with van der Waals surface area (Å²) in [5.41, 5.74) is 4.44. The van der Waals surface area contributed by atoms with Crippen LogP contribution >= 0.6 is 15.9 Å². The summed E-state index contributed by atoms with van der Waals surface area (Å²) in [4.78, 5) is 0. The molecule has 78 valence electrons. The van der Waals surface area contributed by atoms with Gasteiger partial charge in [-0.3, -0.25) is 0 Å². The molecule has 0 fully saturated rings. The van der Waals surface area contributed by atoms with E-state index in [0.29, 0.717) is 0 Å². The third-order valence-electron chi connectivity index (χ3n) is 1.58. The van der Waals surface area contributed by atoms with Crippen LogP contribution < -0.4 is 10.5 Å². The molecule has 0 bridgehead atoms. The Labute approximate surface area is 87.0 Å². The van der Waals surface area contributed by atoms with E-state index in [4.69, 9.17) is 5.73 Å². The van der Waals surface area contributed by atoms with Crippen molar-refractivity contribution < 1.29 is 17.9 Å². The molecular formula is C8H7BrF3NO.